The molecule has 4 saturated carbocycles. The molecule has 7 nitrogen and oxygen atoms in total. The lowest BCUT2D eigenvalue weighted by molar-refractivity contribution is -0.0503. The first-order valence-corrected chi connectivity index (χ1v) is 14.1. The number of carbonyl (C=O) groups is 2. The minimum atomic E-state index is -0.0659. The molecule has 1 saturated heterocycles. The van der Waals surface area contributed by atoms with Crippen LogP contribution < -0.4 is 5.32 Å². The maximum Gasteiger partial charge on any atom is 0.274 e. The van der Waals surface area contributed by atoms with Gasteiger partial charge in [0.05, 0.1) is 0 Å². The van der Waals surface area contributed by atoms with Gasteiger partial charge in [-0.3, -0.25) is 14.0 Å². The van der Waals surface area contributed by atoms with Crippen LogP contribution in [0.15, 0.2) is 24.4 Å². The fourth-order valence-electron chi connectivity index (χ4n) is 8.39. The second-order valence-corrected chi connectivity index (χ2v) is 12.7. The number of piperidine rings is 1. The highest BCUT2D eigenvalue weighted by atomic mass is 16.2. The van der Waals surface area contributed by atoms with Crippen molar-refractivity contribution in [2.45, 2.75) is 77.3 Å². The van der Waals surface area contributed by atoms with Crippen LogP contribution in [0.2, 0.25) is 0 Å². The van der Waals surface area contributed by atoms with Gasteiger partial charge < -0.3 is 15.1 Å². The highest BCUT2D eigenvalue weighted by Crippen LogP contribution is 2.59. The molecule has 36 heavy (non-hydrogen) atoms. The van der Waals surface area contributed by atoms with E-state index in [2.05, 4.69) is 36.1 Å². The molecule has 0 atom stereocenters. The highest BCUT2D eigenvalue weighted by molar-refractivity contribution is 5.96. The van der Waals surface area contributed by atoms with Crippen molar-refractivity contribution in [3.05, 3.63) is 35.8 Å². The van der Waals surface area contributed by atoms with Gasteiger partial charge in [-0.25, -0.2) is 4.98 Å². The number of hydrogen-bond acceptors (Lipinski definition) is 4. The van der Waals surface area contributed by atoms with E-state index in [1.165, 1.54) is 38.5 Å². The van der Waals surface area contributed by atoms with Gasteiger partial charge in [0, 0.05) is 24.8 Å². The average molecular weight is 492 g/mol. The van der Waals surface area contributed by atoms with E-state index in [1.807, 2.05) is 23.1 Å². The number of pyridine rings is 1. The Morgan fingerprint density at radius 1 is 1.08 bits per heavy atom. The van der Waals surface area contributed by atoms with Crippen LogP contribution in [0.5, 0.6) is 0 Å². The summed E-state index contributed by atoms with van der Waals surface area (Å²) in [6.45, 7) is 6.93. The third-order valence-electron chi connectivity index (χ3n) is 9.61. The minimum Gasteiger partial charge on any atom is -0.350 e. The van der Waals surface area contributed by atoms with Crippen molar-refractivity contribution < 1.29 is 9.59 Å². The molecule has 1 N–H and O–H groups in total. The fourth-order valence-corrected chi connectivity index (χ4v) is 8.39. The molecule has 194 valence electrons. The van der Waals surface area contributed by atoms with Gasteiger partial charge in [-0.1, -0.05) is 6.07 Å². The summed E-state index contributed by atoms with van der Waals surface area (Å²) in [5.41, 5.74) is 1.91. The third kappa shape index (κ3) is 4.33. The summed E-state index contributed by atoms with van der Waals surface area (Å²) in [7, 11) is 2.13. The summed E-state index contributed by atoms with van der Waals surface area (Å²) in [6.07, 6.45) is 11.8. The molecule has 0 radical (unpaired) electrons. The zero-order chi connectivity index (χ0) is 25.0. The number of rotatable bonds is 6. The topological polar surface area (TPSA) is 70.0 Å². The molecule has 4 bridgehead atoms. The number of nitrogens with one attached hydrogen (secondary N) is 1. The summed E-state index contributed by atoms with van der Waals surface area (Å²) in [4.78, 5) is 36.0. The molecule has 4 aliphatic carbocycles. The van der Waals surface area contributed by atoms with Gasteiger partial charge in [-0.2, -0.15) is 0 Å². The van der Waals surface area contributed by atoms with E-state index < -0.39 is 0 Å². The summed E-state index contributed by atoms with van der Waals surface area (Å²) in [5, 5.41) is 3.30. The van der Waals surface area contributed by atoms with Gasteiger partial charge in [0.15, 0.2) is 0 Å². The smallest absolute Gasteiger partial charge is 0.274 e. The molecule has 2 amide bonds. The maximum atomic E-state index is 13.6. The Morgan fingerprint density at radius 3 is 2.33 bits per heavy atom. The van der Waals surface area contributed by atoms with Crippen molar-refractivity contribution in [3.8, 4) is 0 Å². The number of fused-ring (bicyclic) bond motifs is 1. The van der Waals surface area contributed by atoms with E-state index in [4.69, 9.17) is 0 Å². The van der Waals surface area contributed by atoms with E-state index in [1.54, 1.807) is 10.6 Å². The summed E-state index contributed by atoms with van der Waals surface area (Å²) >= 11 is 0. The molecular weight excluding hydrogens is 450 g/mol. The molecule has 2 aromatic rings. The third-order valence-corrected chi connectivity index (χ3v) is 9.61. The van der Waals surface area contributed by atoms with Crippen molar-refractivity contribution >= 4 is 17.5 Å². The monoisotopic (exact) mass is 491 g/mol. The van der Waals surface area contributed by atoms with E-state index in [0.29, 0.717) is 22.5 Å². The Hall–Kier alpha value is -2.41. The summed E-state index contributed by atoms with van der Waals surface area (Å²) < 4.78 is 1.80. The molecule has 7 heteroatoms. The van der Waals surface area contributed by atoms with E-state index in [-0.39, 0.29) is 23.9 Å². The second-order valence-electron chi connectivity index (χ2n) is 12.7. The van der Waals surface area contributed by atoms with Crippen molar-refractivity contribution in [3.63, 3.8) is 0 Å². The Balaban J connectivity index is 1.20. The Morgan fingerprint density at radius 2 is 1.72 bits per heavy atom. The number of hydrogen-bond donors (Lipinski definition) is 1. The first kappa shape index (κ1) is 24.0. The molecule has 0 spiro atoms. The van der Waals surface area contributed by atoms with Crippen LogP contribution in [-0.2, 0) is 0 Å². The molecule has 0 unspecified atom stereocenters. The van der Waals surface area contributed by atoms with Gasteiger partial charge in [0.2, 0.25) is 0 Å². The number of aromatic nitrogens is 2. The number of amides is 2. The van der Waals surface area contributed by atoms with Crippen LogP contribution in [0, 0.1) is 23.2 Å². The number of nitrogens with zero attached hydrogens (tertiary/aromatic N) is 4. The molecule has 0 aromatic carbocycles. The minimum absolute atomic E-state index is 0.0387. The SMILES string of the molecule is CC(C)N(C(=O)c1cn2c(C(=O)NCC34CC5CC(CC(C5)C3)C4)cccc2n1)C1CCN(C)CC1. The number of imidazole rings is 1. The van der Waals surface area contributed by atoms with Gasteiger partial charge in [-0.05, 0) is 121 Å². The van der Waals surface area contributed by atoms with Crippen LogP contribution in [0.3, 0.4) is 0 Å². The van der Waals surface area contributed by atoms with E-state index >= 15 is 0 Å². The van der Waals surface area contributed by atoms with Crippen LogP contribution >= 0.6 is 0 Å². The van der Waals surface area contributed by atoms with Crippen LogP contribution in [0.4, 0.5) is 0 Å². The first-order chi connectivity index (χ1) is 17.3. The van der Waals surface area contributed by atoms with Crippen LogP contribution in [0.25, 0.3) is 5.65 Å². The number of carbonyl (C=O) groups excluding carboxylic acids is 2. The fraction of sp³-hybridized carbons (Fsp3) is 0.690. The maximum absolute atomic E-state index is 13.6. The zero-order valence-electron chi connectivity index (χ0n) is 22.1. The zero-order valence-corrected chi connectivity index (χ0v) is 22.1. The predicted octanol–water partition coefficient (Wildman–Crippen LogP) is 4.23. The molecule has 5 aliphatic rings. The van der Waals surface area contributed by atoms with Crippen molar-refractivity contribution in [1.29, 1.82) is 0 Å². The Bertz CT molecular complexity index is 1110. The standard InChI is InChI=1S/C29H41N5O2/c1-19(2)34(23-7-9-32(3)10-8-23)28(36)24-17-33-25(5-4-6-26(33)31-24)27(35)30-18-29-14-20-11-21(15-29)13-22(12-20)16-29/h4-6,17,19-23H,7-16,18H2,1-3H3,(H,30,35). The van der Waals surface area contributed by atoms with Gasteiger partial charge >= 0.3 is 0 Å². The lowest BCUT2D eigenvalue weighted by atomic mass is 9.49. The molecule has 3 heterocycles. The van der Waals surface area contributed by atoms with Gasteiger partial charge in [0.25, 0.3) is 11.8 Å². The van der Waals surface area contributed by atoms with Gasteiger partial charge in [0.1, 0.15) is 17.0 Å². The molecule has 5 fully saturated rings. The summed E-state index contributed by atoms with van der Waals surface area (Å²) in [6, 6.07) is 5.91. The molecule has 1 aliphatic heterocycles. The molecular formula is C29H41N5O2. The average Bonchev–Trinajstić information content (AvgIpc) is 3.27. The second kappa shape index (κ2) is 9.16. The largest absolute Gasteiger partial charge is 0.350 e. The predicted molar refractivity (Wildman–Crippen MR) is 140 cm³/mol. The first-order valence-electron chi connectivity index (χ1n) is 14.1. The van der Waals surface area contributed by atoms with E-state index in [0.717, 1.165) is 50.2 Å². The quantitative estimate of drug-likeness (QED) is 0.657. The highest BCUT2D eigenvalue weighted by Gasteiger charge is 2.50. The lowest BCUT2D eigenvalue weighted by Crippen LogP contribution is -2.51. The molecule has 7 rings (SSSR count). The summed E-state index contributed by atoms with van der Waals surface area (Å²) in [5.74, 6) is 2.50. The Kier molecular flexibility index (Phi) is 6.09. The normalized spacial score (nSPS) is 30.3. The van der Waals surface area contributed by atoms with E-state index in [9.17, 15) is 9.59 Å². The van der Waals surface area contributed by atoms with Crippen molar-refractivity contribution in [2.75, 3.05) is 26.7 Å². The Labute approximate surface area is 214 Å². The van der Waals surface area contributed by atoms with Crippen molar-refractivity contribution in [1.82, 2.24) is 24.5 Å². The lowest BCUT2D eigenvalue weighted by Gasteiger charge is -2.56. The van der Waals surface area contributed by atoms with Gasteiger partial charge in [-0.15, -0.1) is 0 Å². The van der Waals surface area contributed by atoms with Crippen molar-refractivity contribution in [2.24, 2.45) is 23.2 Å². The van der Waals surface area contributed by atoms with Crippen LogP contribution in [0.1, 0.15) is 86.2 Å². The number of likely N-dealkylation sites (tertiary alicyclic amines) is 1. The van der Waals surface area contributed by atoms with Crippen LogP contribution in [-0.4, -0.2) is 69.8 Å². The molecule has 2 aromatic heterocycles.